The van der Waals surface area contributed by atoms with Crippen LogP contribution in [-0.4, -0.2) is 75.2 Å². The van der Waals surface area contributed by atoms with Crippen molar-refractivity contribution in [2.24, 2.45) is 11.3 Å². The number of carbonyl (C=O) groups is 1. The first-order valence-electron chi connectivity index (χ1n) is 20.8. The third-order valence-corrected chi connectivity index (χ3v) is 10.7. The van der Waals surface area contributed by atoms with Gasteiger partial charge in [-0.15, -0.1) is 0 Å². The molecule has 1 amide bonds. The Morgan fingerprint density at radius 2 is 1.19 bits per heavy atom. The third kappa shape index (κ3) is 13.3. The third-order valence-electron chi connectivity index (χ3n) is 10.7. The fraction of sp³-hybridized carbons (Fsp3) is 0.479. The van der Waals surface area contributed by atoms with Gasteiger partial charge in [-0.25, -0.2) is 0 Å². The lowest BCUT2D eigenvalue weighted by molar-refractivity contribution is -0.293. The first-order chi connectivity index (χ1) is 28.3. The SMILES string of the molecule is CC[C@H](C)[C@H](NCCC1OCC(C)(C)CO1)C(=O)N[C@H]1[C@@H](OCc2ccccc2)O[C@H](COCc2ccccc2)[C@@H](OCc2ccccc2)[C@@H]1OCc1ccccc1. The van der Waals surface area contributed by atoms with Crippen molar-refractivity contribution in [2.45, 2.75) is 110 Å². The molecule has 2 N–H and O–H groups in total. The van der Waals surface area contributed by atoms with Crippen molar-refractivity contribution < 1.29 is 38.0 Å². The molecule has 0 radical (unpaired) electrons. The highest BCUT2D eigenvalue weighted by atomic mass is 16.7. The molecular weight excluding hydrogens is 733 g/mol. The van der Waals surface area contributed by atoms with Gasteiger partial charge in [0.25, 0.3) is 0 Å². The Bertz CT molecular complexity index is 1740. The van der Waals surface area contributed by atoms with Gasteiger partial charge in [0.05, 0.1) is 52.3 Å². The van der Waals surface area contributed by atoms with Crippen LogP contribution in [0.4, 0.5) is 0 Å². The standard InChI is InChI=1S/C48H62N2O8/c1-5-35(2)42(49-27-26-41-56-33-48(3,4)34-57-41)46(51)50-43-45(54-30-38-22-14-8-15-23-38)44(53-29-37-20-12-7-13-21-37)40(32-52-28-36-18-10-6-11-19-36)58-47(43)55-31-39-24-16-9-17-25-39/h6-25,35,40-45,47,49H,5,26-34H2,1-4H3,(H,50,51)/t35-,40+,42-,43+,44+,45+,47-/m0/s1. The number of hydrogen-bond acceptors (Lipinski definition) is 9. The van der Waals surface area contributed by atoms with Crippen LogP contribution in [0.25, 0.3) is 0 Å². The number of ether oxygens (including phenoxy) is 7. The van der Waals surface area contributed by atoms with E-state index in [1.165, 1.54) is 0 Å². The van der Waals surface area contributed by atoms with Crippen LogP contribution in [0.15, 0.2) is 121 Å². The van der Waals surface area contributed by atoms with Crippen LogP contribution in [0.1, 0.15) is 62.8 Å². The summed E-state index contributed by atoms with van der Waals surface area (Å²) in [6.07, 6.45) is -1.71. The summed E-state index contributed by atoms with van der Waals surface area (Å²) in [5.74, 6) is -0.148. The fourth-order valence-corrected chi connectivity index (χ4v) is 7.18. The Kier molecular flexibility index (Phi) is 16.9. The van der Waals surface area contributed by atoms with Crippen molar-refractivity contribution in [3.8, 4) is 0 Å². The van der Waals surface area contributed by atoms with Crippen molar-refractivity contribution in [1.29, 1.82) is 0 Å². The second kappa shape index (κ2) is 22.4. The van der Waals surface area contributed by atoms with E-state index in [0.717, 1.165) is 28.7 Å². The summed E-state index contributed by atoms with van der Waals surface area (Å²) in [7, 11) is 0. The van der Waals surface area contributed by atoms with Crippen molar-refractivity contribution in [1.82, 2.24) is 10.6 Å². The second-order valence-electron chi connectivity index (χ2n) is 16.2. The molecule has 0 unspecified atom stereocenters. The number of amides is 1. The Labute approximate surface area is 344 Å². The molecule has 2 heterocycles. The van der Waals surface area contributed by atoms with Crippen LogP contribution in [0, 0.1) is 11.3 Å². The molecule has 2 aliphatic heterocycles. The summed E-state index contributed by atoms with van der Waals surface area (Å²) >= 11 is 0. The van der Waals surface area contributed by atoms with Crippen LogP contribution in [0.3, 0.4) is 0 Å². The molecule has 0 bridgehead atoms. The van der Waals surface area contributed by atoms with Gasteiger partial charge in [-0.3, -0.25) is 4.79 Å². The van der Waals surface area contributed by atoms with Gasteiger partial charge in [-0.2, -0.15) is 0 Å². The van der Waals surface area contributed by atoms with E-state index in [4.69, 9.17) is 33.2 Å². The fourth-order valence-electron chi connectivity index (χ4n) is 7.18. The maximum Gasteiger partial charge on any atom is 0.237 e. The molecule has 10 heteroatoms. The quantitative estimate of drug-likeness (QED) is 0.0883. The lowest BCUT2D eigenvalue weighted by Crippen LogP contribution is -2.67. The van der Waals surface area contributed by atoms with Gasteiger partial charge in [0.1, 0.15) is 24.4 Å². The summed E-state index contributed by atoms with van der Waals surface area (Å²) in [6.45, 7) is 11.7. The number of carbonyl (C=O) groups excluding carboxylic acids is 1. The molecule has 0 saturated carbocycles. The van der Waals surface area contributed by atoms with Crippen LogP contribution >= 0.6 is 0 Å². The van der Waals surface area contributed by atoms with E-state index in [0.29, 0.717) is 39.4 Å². The molecule has 2 fully saturated rings. The van der Waals surface area contributed by atoms with Gasteiger partial charge in [-0.1, -0.05) is 155 Å². The van der Waals surface area contributed by atoms with Gasteiger partial charge in [0, 0.05) is 18.4 Å². The molecule has 4 aromatic carbocycles. The Balaban J connectivity index is 1.28. The maximum atomic E-state index is 14.6. The van der Waals surface area contributed by atoms with Crippen molar-refractivity contribution in [3.63, 3.8) is 0 Å². The lowest BCUT2D eigenvalue weighted by Gasteiger charge is -2.46. The average molecular weight is 795 g/mol. The highest BCUT2D eigenvalue weighted by Gasteiger charge is 2.49. The predicted molar refractivity (Wildman–Crippen MR) is 223 cm³/mol. The molecule has 6 rings (SSSR count). The normalized spacial score (nSPS) is 23.2. The van der Waals surface area contributed by atoms with Crippen molar-refractivity contribution in [2.75, 3.05) is 26.4 Å². The van der Waals surface area contributed by atoms with Crippen LogP contribution in [-0.2, 0) is 64.4 Å². The summed E-state index contributed by atoms with van der Waals surface area (Å²) < 4.78 is 45.5. The number of benzene rings is 4. The first-order valence-corrected chi connectivity index (χ1v) is 20.8. The highest BCUT2D eigenvalue weighted by molar-refractivity contribution is 5.82. The van der Waals surface area contributed by atoms with E-state index in [1.807, 2.05) is 121 Å². The molecule has 2 aliphatic rings. The average Bonchev–Trinajstić information content (AvgIpc) is 3.25. The topological polar surface area (TPSA) is 106 Å². The summed E-state index contributed by atoms with van der Waals surface area (Å²) in [5.41, 5.74) is 4.01. The van der Waals surface area contributed by atoms with Crippen molar-refractivity contribution in [3.05, 3.63) is 144 Å². The first kappa shape index (κ1) is 43.6. The molecule has 10 nitrogen and oxygen atoms in total. The van der Waals surface area contributed by atoms with Gasteiger partial charge in [-0.05, 0) is 28.2 Å². The van der Waals surface area contributed by atoms with Gasteiger partial charge < -0.3 is 43.8 Å². The maximum absolute atomic E-state index is 14.6. The highest BCUT2D eigenvalue weighted by Crippen LogP contribution is 2.31. The monoisotopic (exact) mass is 794 g/mol. The van der Waals surface area contributed by atoms with E-state index in [1.54, 1.807) is 0 Å². The Morgan fingerprint density at radius 1 is 0.707 bits per heavy atom. The van der Waals surface area contributed by atoms with Crippen molar-refractivity contribution >= 4 is 5.91 Å². The van der Waals surface area contributed by atoms with Crippen LogP contribution in [0.5, 0.6) is 0 Å². The minimum Gasteiger partial charge on any atom is -0.374 e. The van der Waals surface area contributed by atoms with Gasteiger partial charge in [0.2, 0.25) is 5.91 Å². The molecule has 312 valence electrons. The predicted octanol–water partition coefficient (Wildman–Crippen LogP) is 7.59. The second-order valence-corrected chi connectivity index (χ2v) is 16.2. The van der Waals surface area contributed by atoms with E-state index in [-0.39, 0.29) is 43.4 Å². The van der Waals surface area contributed by atoms with Gasteiger partial charge in [0.15, 0.2) is 12.6 Å². The number of hydrogen-bond donors (Lipinski definition) is 2. The molecule has 4 aromatic rings. The summed E-state index contributed by atoms with van der Waals surface area (Å²) in [4.78, 5) is 14.6. The van der Waals surface area contributed by atoms with E-state index >= 15 is 0 Å². The molecule has 58 heavy (non-hydrogen) atoms. The minimum atomic E-state index is -0.892. The Hall–Kier alpha value is -3.97. The number of rotatable bonds is 21. The zero-order valence-corrected chi connectivity index (χ0v) is 34.5. The largest absolute Gasteiger partial charge is 0.374 e. The smallest absolute Gasteiger partial charge is 0.237 e. The molecule has 0 aliphatic carbocycles. The minimum absolute atomic E-state index is 0.0148. The summed E-state index contributed by atoms with van der Waals surface area (Å²) in [5, 5.41) is 6.91. The summed E-state index contributed by atoms with van der Waals surface area (Å²) in [6, 6.07) is 38.8. The van der Waals surface area contributed by atoms with E-state index in [9.17, 15) is 4.79 Å². The molecule has 0 aromatic heterocycles. The number of nitrogens with one attached hydrogen (secondary N) is 2. The lowest BCUT2D eigenvalue weighted by atomic mass is 9.93. The van der Waals surface area contributed by atoms with Crippen LogP contribution < -0.4 is 10.6 Å². The van der Waals surface area contributed by atoms with Crippen LogP contribution in [0.2, 0.25) is 0 Å². The molecule has 7 atom stereocenters. The zero-order valence-electron chi connectivity index (χ0n) is 34.5. The van der Waals surface area contributed by atoms with E-state index < -0.39 is 36.7 Å². The zero-order chi connectivity index (χ0) is 40.6. The molecular formula is C48H62N2O8. The molecule has 2 saturated heterocycles. The Morgan fingerprint density at radius 3 is 1.71 bits per heavy atom. The molecule has 0 spiro atoms. The van der Waals surface area contributed by atoms with Gasteiger partial charge >= 0.3 is 0 Å². The van der Waals surface area contributed by atoms with E-state index in [2.05, 4.69) is 38.3 Å².